The fourth-order valence-electron chi connectivity index (χ4n) is 2.13. The molecule has 0 radical (unpaired) electrons. The van der Waals surface area contributed by atoms with E-state index in [0.717, 1.165) is 17.1 Å². The first kappa shape index (κ1) is 12.2. The Hall–Kier alpha value is -2.23. The minimum atomic E-state index is -0.905. The second-order valence-corrected chi connectivity index (χ2v) is 4.13. The fourth-order valence-corrected chi connectivity index (χ4v) is 2.13. The molecule has 18 heavy (non-hydrogen) atoms. The number of hydrogen-bond acceptors (Lipinski definition) is 2. The van der Waals surface area contributed by atoms with Gasteiger partial charge >= 0.3 is 5.97 Å². The van der Waals surface area contributed by atoms with Crippen molar-refractivity contribution < 1.29 is 14.6 Å². The van der Waals surface area contributed by atoms with Gasteiger partial charge < -0.3 is 14.4 Å². The van der Waals surface area contributed by atoms with Crippen LogP contribution in [0.1, 0.15) is 21.7 Å². The highest BCUT2D eigenvalue weighted by molar-refractivity contribution is 5.89. The van der Waals surface area contributed by atoms with E-state index in [2.05, 4.69) is 0 Å². The molecule has 1 aromatic carbocycles. The molecule has 0 unspecified atom stereocenters. The molecule has 0 spiro atoms. The van der Waals surface area contributed by atoms with E-state index in [-0.39, 0.29) is 0 Å². The van der Waals surface area contributed by atoms with Gasteiger partial charge in [0, 0.05) is 23.1 Å². The molecule has 0 aliphatic heterocycles. The maximum absolute atomic E-state index is 11.1. The van der Waals surface area contributed by atoms with Gasteiger partial charge in [0.05, 0.1) is 12.7 Å². The van der Waals surface area contributed by atoms with Gasteiger partial charge in [0.1, 0.15) is 5.75 Å². The molecule has 0 saturated carbocycles. The Kier molecular flexibility index (Phi) is 3.10. The molecule has 0 saturated heterocycles. The van der Waals surface area contributed by atoms with E-state index in [4.69, 9.17) is 9.84 Å². The molecule has 0 bridgehead atoms. The Morgan fingerprint density at radius 2 is 2.00 bits per heavy atom. The van der Waals surface area contributed by atoms with E-state index in [1.165, 1.54) is 0 Å². The lowest BCUT2D eigenvalue weighted by Gasteiger charge is -2.10. The third-order valence-corrected chi connectivity index (χ3v) is 2.97. The van der Waals surface area contributed by atoms with Crippen LogP contribution >= 0.6 is 0 Å². The van der Waals surface area contributed by atoms with Gasteiger partial charge in [-0.1, -0.05) is 6.07 Å². The zero-order valence-electron chi connectivity index (χ0n) is 10.6. The van der Waals surface area contributed by atoms with Crippen molar-refractivity contribution in [1.82, 2.24) is 4.57 Å². The first-order valence-electron chi connectivity index (χ1n) is 5.61. The van der Waals surface area contributed by atoms with Crippen LogP contribution in [-0.2, 0) is 0 Å². The van der Waals surface area contributed by atoms with Crippen LogP contribution in [0.3, 0.4) is 0 Å². The van der Waals surface area contributed by atoms with Gasteiger partial charge in [0.2, 0.25) is 0 Å². The Balaban J connectivity index is 2.60. The molecule has 0 aliphatic carbocycles. The van der Waals surface area contributed by atoms with Crippen LogP contribution in [0.15, 0.2) is 30.3 Å². The summed E-state index contributed by atoms with van der Waals surface area (Å²) in [4.78, 5) is 11.1. The maximum atomic E-state index is 11.1. The number of carbonyl (C=O) groups is 1. The average molecular weight is 245 g/mol. The lowest BCUT2D eigenvalue weighted by molar-refractivity contribution is 0.0696. The van der Waals surface area contributed by atoms with E-state index in [1.807, 2.05) is 35.8 Å². The summed E-state index contributed by atoms with van der Waals surface area (Å²) in [6.45, 7) is 3.69. The van der Waals surface area contributed by atoms with Crippen LogP contribution in [0.4, 0.5) is 0 Å². The SMILES string of the molecule is COc1cccc(-n2c(C)cc(C(=O)O)c2C)c1. The molecule has 0 amide bonds. The van der Waals surface area contributed by atoms with Gasteiger partial charge in [-0.2, -0.15) is 0 Å². The van der Waals surface area contributed by atoms with Crippen molar-refractivity contribution in [2.45, 2.75) is 13.8 Å². The van der Waals surface area contributed by atoms with Crippen LogP contribution in [0.5, 0.6) is 5.75 Å². The van der Waals surface area contributed by atoms with Crippen LogP contribution in [0, 0.1) is 13.8 Å². The molecule has 4 heteroatoms. The largest absolute Gasteiger partial charge is 0.497 e. The van der Waals surface area contributed by atoms with Crippen molar-refractivity contribution >= 4 is 5.97 Å². The molecule has 4 nitrogen and oxygen atoms in total. The van der Waals surface area contributed by atoms with E-state index in [9.17, 15) is 4.79 Å². The number of ether oxygens (including phenoxy) is 1. The summed E-state index contributed by atoms with van der Waals surface area (Å²) in [5, 5.41) is 9.11. The molecule has 1 aromatic heterocycles. The number of benzene rings is 1. The number of aryl methyl sites for hydroxylation is 1. The number of aromatic carboxylic acids is 1. The Bertz CT molecular complexity index is 599. The van der Waals surface area contributed by atoms with E-state index in [0.29, 0.717) is 11.3 Å². The minimum absolute atomic E-state index is 0.329. The summed E-state index contributed by atoms with van der Waals surface area (Å²) >= 11 is 0. The molecule has 0 aliphatic rings. The van der Waals surface area contributed by atoms with Crippen molar-refractivity contribution in [3.8, 4) is 11.4 Å². The van der Waals surface area contributed by atoms with Crippen molar-refractivity contribution in [3.05, 3.63) is 47.3 Å². The number of nitrogens with zero attached hydrogens (tertiary/aromatic N) is 1. The van der Waals surface area contributed by atoms with Crippen LogP contribution in [-0.4, -0.2) is 22.8 Å². The second-order valence-electron chi connectivity index (χ2n) is 4.13. The van der Waals surface area contributed by atoms with Gasteiger partial charge in [-0.3, -0.25) is 0 Å². The van der Waals surface area contributed by atoms with Crippen molar-refractivity contribution in [2.75, 3.05) is 7.11 Å². The third-order valence-electron chi connectivity index (χ3n) is 2.97. The monoisotopic (exact) mass is 245 g/mol. The lowest BCUT2D eigenvalue weighted by atomic mass is 10.2. The Labute approximate surface area is 105 Å². The number of methoxy groups -OCH3 is 1. The molecule has 1 N–H and O–H groups in total. The molecular formula is C14H15NO3. The molecular weight excluding hydrogens is 230 g/mol. The quantitative estimate of drug-likeness (QED) is 0.904. The Morgan fingerprint density at radius 1 is 1.28 bits per heavy atom. The molecule has 0 atom stereocenters. The topological polar surface area (TPSA) is 51.5 Å². The highest BCUT2D eigenvalue weighted by Gasteiger charge is 2.15. The summed E-state index contributed by atoms with van der Waals surface area (Å²) in [7, 11) is 1.61. The first-order valence-corrected chi connectivity index (χ1v) is 5.61. The van der Waals surface area contributed by atoms with Crippen LogP contribution in [0.25, 0.3) is 5.69 Å². The van der Waals surface area contributed by atoms with E-state index < -0.39 is 5.97 Å². The van der Waals surface area contributed by atoms with Gasteiger partial charge in [-0.05, 0) is 32.0 Å². The third kappa shape index (κ3) is 1.97. The predicted octanol–water partition coefficient (Wildman–Crippen LogP) is 2.80. The van der Waals surface area contributed by atoms with Crippen molar-refractivity contribution in [3.63, 3.8) is 0 Å². The van der Waals surface area contributed by atoms with E-state index in [1.54, 1.807) is 20.1 Å². The number of aromatic nitrogens is 1. The van der Waals surface area contributed by atoms with Gasteiger partial charge in [-0.15, -0.1) is 0 Å². The predicted molar refractivity (Wildman–Crippen MR) is 68.8 cm³/mol. The summed E-state index contributed by atoms with van der Waals surface area (Å²) in [5.41, 5.74) is 2.83. The highest BCUT2D eigenvalue weighted by Crippen LogP contribution is 2.23. The normalized spacial score (nSPS) is 10.4. The number of carboxylic acid groups (broad SMARTS) is 1. The summed E-state index contributed by atoms with van der Waals surface area (Å²) in [6.07, 6.45) is 0. The molecule has 1 heterocycles. The number of hydrogen-bond donors (Lipinski definition) is 1. The fraction of sp³-hybridized carbons (Fsp3) is 0.214. The van der Waals surface area contributed by atoms with Crippen molar-refractivity contribution in [1.29, 1.82) is 0 Å². The average Bonchev–Trinajstić information content (AvgIpc) is 2.65. The Morgan fingerprint density at radius 3 is 2.56 bits per heavy atom. The van der Waals surface area contributed by atoms with Crippen LogP contribution in [0.2, 0.25) is 0 Å². The van der Waals surface area contributed by atoms with Gasteiger partial charge in [-0.25, -0.2) is 4.79 Å². The first-order chi connectivity index (χ1) is 8.54. The summed E-state index contributed by atoms with van der Waals surface area (Å²) in [5.74, 6) is -0.158. The standard InChI is InChI=1S/C14H15NO3/c1-9-7-13(14(16)17)10(2)15(9)11-5-4-6-12(8-11)18-3/h4-8H,1-3H3,(H,16,17). The smallest absolute Gasteiger partial charge is 0.337 e. The number of carboxylic acids is 1. The molecule has 2 aromatic rings. The molecule has 0 fully saturated rings. The van der Waals surface area contributed by atoms with E-state index >= 15 is 0 Å². The van der Waals surface area contributed by atoms with Crippen molar-refractivity contribution in [2.24, 2.45) is 0 Å². The van der Waals surface area contributed by atoms with Gasteiger partial charge in [0.25, 0.3) is 0 Å². The number of rotatable bonds is 3. The zero-order chi connectivity index (χ0) is 13.3. The summed E-state index contributed by atoms with van der Waals surface area (Å²) in [6, 6.07) is 9.22. The minimum Gasteiger partial charge on any atom is -0.497 e. The molecule has 94 valence electrons. The summed E-state index contributed by atoms with van der Waals surface area (Å²) < 4.78 is 7.09. The van der Waals surface area contributed by atoms with Crippen LogP contribution < -0.4 is 4.74 Å². The zero-order valence-corrected chi connectivity index (χ0v) is 10.6. The lowest BCUT2D eigenvalue weighted by Crippen LogP contribution is -2.02. The molecule has 2 rings (SSSR count). The highest BCUT2D eigenvalue weighted by atomic mass is 16.5. The maximum Gasteiger partial charge on any atom is 0.337 e. The van der Waals surface area contributed by atoms with Gasteiger partial charge in [0.15, 0.2) is 0 Å². The second kappa shape index (κ2) is 4.56.